The first-order valence-electron chi connectivity index (χ1n) is 5.31. The third-order valence-corrected chi connectivity index (χ3v) is 2.26. The maximum Gasteiger partial charge on any atom is 0.119 e. The van der Waals surface area contributed by atoms with Crippen LogP contribution in [0.3, 0.4) is 0 Å². The first-order chi connectivity index (χ1) is 6.86. The van der Waals surface area contributed by atoms with E-state index < -0.39 is 0 Å². The van der Waals surface area contributed by atoms with Gasteiger partial charge in [-0.05, 0) is 37.0 Å². The number of hydrogen-bond acceptors (Lipinski definition) is 1. The summed E-state index contributed by atoms with van der Waals surface area (Å²) in [7, 11) is 1.71. The van der Waals surface area contributed by atoms with Crippen molar-refractivity contribution in [2.75, 3.05) is 7.11 Å². The van der Waals surface area contributed by atoms with Crippen LogP contribution in [0, 0.1) is 6.42 Å². The molecule has 0 atom stereocenters. The maximum absolute atomic E-state index is 5.17. The first kappa shape index (κ1) is 11.1. The normalized spacial score (nSPS) is 10.1. The van der Waals surface area contributed by atoms with E-state index in [1.807, 2.05) is 12.1 Å². The second-order valence-corrected chi connectivity index (χ2v) is 3.47. The van der Waals surface area contributed by atoms with E-state index in [1.165, 1.54) is 24.8 Å². The van der Waals surface area contributed by atoms with Gasteiger partial charge in [0, 0.05) is 0 Å². The predicted octanol–water partition coefficient (Wildman–Crippen LogP) is 3.63. The van der Waals surface area contributed by atoms with E-state index in [0.29, 0.717) is 0 Å². The van der Waals surface area contributed by atoms with E-state index >= 15 is 0 Å². The number of methoxy groups -OCH3 is 1. The lowest BCUT2D eigenvalue weighted by Gasteiger charge is -2.03. The molecule has 1 radical (unpaired) electrons. The van der Waals surface area contributed by atoms with Crippen LogP contribution in [-0.2, 0) is 6.42 Å². The van der Waals surface area contributed by atoms with Gasteiger partial charge in [0.25, 0.3) is 0 Å². The van der Waals surface area contributed by atoms with Crippen LogP contribution in [0.4, 0.5) is 0 Å². The molecule has 0 N–H and O–H groups in total. The largest absolute Gasteiger partial charge is 0.497 e. The molecular formula is C13H19O. The highest BCUT2D eigenvalue weighted by atomic mass is 16.5. The molecule has 0 aliphatic rings. The van der Waals surface area contributed by atoms with Crippen molar-refractivity contribution in [2.24, 2.45) is 0 Å². The average Bonchev–Trinajstić information content (AvgIpc) is 2.25. The average molecular weight is 191 g/mol. The molecule has 0 saturated heterocycles. The minimum Gasteiger partial charge on any atom is -0.497 e. The van der Waals surface area contributed by atoms with E-state index in [1.54, 1.807) is 7.11 Å². The lowest BCUT2D eigenvalue weighted by molar-refractivity contribution is 0.414. The molecule has 0 spiro atoms. The lowest BCUT2D eigenvalue weighted by atomic mass is 10.1. The van der Waals surface area contributed by atoms with Crippen LogP contribution < -0.4 is 4.74 Å². The molecule has 0 aromatic heterocycles. The number of rotatable bonds is 6. The van der Waals surface area contributed by atoms with Crippen molar-refractivity contribution in [2.45, 2.75) is 32.6 Å². The van der Waals surface area contributed by atoms with Gasteiger partial charge in [-0.3, -0.25) is 0 Å². The monoisotopic (exact) mass is 191 g/mol. The highest BCUT2D eigenvalue weighted by molar-refractivity contribution is 5.28. The number of benzene rings is 1. The standard InChI is InChI=1S/C13H19O/c1-3-4-5-6-8-12-9-7-10-13(11-12)14-2/h5,7,9-11H,3-4,6,8H2,1-2H3. The molecule has 0 aliphatic heterocycles. The summed E-state index contributed by atoms with van der Waals surface area (Å²) in [5.41, 5.74) is 1.36. The van der Waals surface area contributed by atoms with Crippen LogP contribution in [0.15, 0.2) is 24.3 Å². The molecule has 0 unspecified atom stereocenters. The van der Waals surface area contributed by atoms with Gasteiger partial charge in [-0.1, -0.05) is 31.9 Å². The van der Waals surface area contributed by atoms with E-state index in [9.17, 15) is 0 Å². The van der Waals surface area contributed by atoms with Gasteiger partial charge in [-0.25, -0.2) is 0 Å². The Hall–Kier alpha value is -0.980. The van der Waals surface area contributed by atoms with Crippen LogP contribution in [0.25, 0.3) is 0 Å². The van der Waals surface area contributed by atoms with Gasteiger partial charge in [-0.15, -0.1) is 0 Å². The SMILES string of the molecule is CCC[CH]CCc1cccc(OC)c1. The summed E-state index contributed by atoms with van der Waals surface area (Å²) in [4.78, 5) is 0. The molecule has 0 amide bonds. The van der Waals surface area contributed by atoms with Crippen molar-refractivity contribution in [3.05, 3.63) is 36.2 Å². The lowest BCUT2D eigenvalue weighted by Crippen LogP contribution is -1.88. The number of hydrogen-bond donors (Lipinski definition) is 0. The summed E-state index contributed by atoms with van der Waals surface area (Å²) in [5, 5.41) is 0. The predicted molar refractivity (Wildman–Crippen MR) is 60.5 cm³/mol. The maximum atomic E-state index is 5.17. The topological polar surface area (TPSA) is 9.23 Å². The van der Waals surface area contributed by atoms with Gasteiger partial charge in [0.15, 0.2) is 0 Å². The van der Waals surface area contributed by atoms with Gasteiger partial charge < -0.3 is 4.74 Å². The van der Waals surface area contributed by atoms with E-state index in [4.69, 9.17) is 4.74 Å². The number of ether oxygens (including phenoxy) is 1. The van der Waals surface area contributed by atoms with Crippen LogP contribution in [0.2, 0.25) is 0 Å². The highest BCUT2D eigenvalue weighted by Gasteiger charge is 1.95. The quantitative estimate of drug-likeness (QED) is 0.624. The molecule has 1 nitrogen and oxygen atoms in total. The summed E-state index contributed by atoms with van der Waals surface area (Å²) in [6.07, 6.45) is 7.12. The van der Waals surface area contributed by atoms with Crippen LogP contribution in [0.5, 0.6) is 5.75 Å². The Bertz CT molecular complexity index is 255. The minimum atomic E-state index is 0.956. The molecule has 0 aliphatic carbocycles. The molecule has 14 heavy (non-hydrogen) atoms. The zero-order chi connectivity index (χ0) is 10.2. The van der Waals surface area contributed by atoms with Gasteiger partial charge >= 0.3 is 0 Å². The zero-order valence-corrected chi connectivity index (χ0v) is 9.12. The molecule has 0 heterocycles. The first-order valence-corrected chi connectivity index (χ1v) is 5.31. The molecule has 1 rings (SSSR count). The third-order valence-electron chi connectivity index (χ3n) is 2.26. The van der Waals surface area contributed by atoms with Crippen LogP contribution >= 0.6 is 0 Å². The van der Waals surface area contributed by atoms with Gasteiger partial charge in [0.05, 0.1) is 7.11 Å². The molecule has 1 aromatic rings. The molecule has 1 aromatic carbocycles. The van der Waals surface area contributed by atoms with Crippen molar-refractivity contribution < 1.29 is 4.74 Å². The Morgan fingerprint density at radius 2 is 2.14 bits per heavy atom. The Balaban J connectivity index is 2.34. The molecule has 0 fully saturated rings. The fraction of sp³-hybridized carbons (Fsp3) is 0.462. The summed E-state index contributed by atoms with van der Waals surface area (Å²) in [6.45, 7) is 2.21. The van der Waals surface area contributed by atoms with Crippen molar-refractivity contribution in [1.82, 2.24) is 0 Å². The molecule has 0 bridgehead atoms. The second-order valence-electron chi connectivity index (χ2n) is 3.47. The molecule has 77 valence electrons. The van der Waals surface area contributed by atoms with E-state index in [2.05, 4.69) is 25.5 Å². The Morgan fingerprint density at radius 3 is 2.86 bits per heavy atom. The Labute approximate surface area is 87.1 Å². The fourth-order valence-electron chi connectivity index (χ4n) is 1.45. The van der Waals surface area contributed by atoms with Gasteiger partial charge in [-0.2, -0.15) is 0 Å². The summed E-state index contributed by atoms with van der Waals surface area (Å²) in [6, 6.07) is 8.30. The number of unbranched alkanes of at least 4 members (excludes halogenated alkanes) is 3. The molecular weight excluding hydrogens is 172 g/mol. The van der Waals surface area contributed by atoms with Crippen molar-refractivity contribution in [3.63, 3.8) is 0 Å². The van der Waals surface area contributed by atoms with E-state index in [-0.39, 0.29) is 0 Å². The molecule has 1 heteroatoms. The Morgan fingerprint density at radius 1 is 1.29 bits per heavy atom. The summed E-state index contributed by atoms with van der Waals surface area (Å²) in [5.74, 6) is 0.956. The highest BCUT2D eigenvalue weighted by Crippen LogP contribution is 2.14. The second kappa shape index (κ2) is 6.47. The van der Waals surface area contributed by atoms with Gasteiger partial charge in [0.2, 0.25) is 0 Å². The number of aryl methyl sites for hydroxylation is 1. The van der Waals surface area contributed by atoms with Gasteiger partial charge in [0.1, 0.15) is 5.75 Å². The minimum absolute atomic E-state index is 0.956. The zero-order valence-electron chi connectivity index (χ0n) is 9.12. The summed E-state index contributed by atoms with van der Waals surface area (Å²) >= 11 is 0. The smallest absolute Gasteiger partial charge is 0.119 e. The van der Waals surface area contributed by atoms with Crippen molar-refractivity contribution >= 4 is 0 Å². The Kier molecular flexibility index (Phi) is 5.13. The summed E-state index contributed by atoms with van der Waals surface area (Å²) < 4.78 is 5.17. The van der Waals surface area contributed by atoms with E-state index in [0.717, 1.165) is 12.2 Å². The van der Waals surface area contributed by atoms with Crippen molar-refractivity contribution in [3.8, 4) is 5.75 Å². The molecule has 0 saturated carbocycles. The third kappa shape index (κ3) is 3.82. The fourth-order valence-corrected chi connectivity index (χ4v) is 1.45. The van der Waals surface area contributed by atoms with Crippen LogP contribution in [-0.4, -0.2) is 7.11 Å². The van der Waals surface area contributed by atoms with Crippen molar-refractivity contribution in [1.29, 1.82) is 0 Å². The van der Waals surface area contributed by atoms with Crippen LogP contribution in [0.1, 0.15) is 31.7 Å².